The highest BCUT2D eigenvalue weighted by Gasteiger charge is 2.16. The first-order valence-corrected chi connectivity index (χ1v) is 7.38. The zero-order valence-corrected chi connectivity index (χ0v) is 13.1. The van der Waals surface area contributed by atoms with E-state index < -0.39 is 0 Å². The van der Waals surface area contributed by atoms with Crippen molar-refractivity contribution in [1.82, 2.24) is 25.4 Å². The van der Waals surface area contributed by atoms with Gasteiger partial charge in [0.2, 0.25) is 0 Å². The quantitative estimate of drug-likeness (QED) is 0.793. The standard InChI is InChI=1S/C15H23N5O/c1-5-16-6-7-17-15(21)12-8-11(4)19-14-13(12)9-18-20(14)10(2)3/h8-10,16H,5-7H2,1-4H3,(H,17,21). The van der Waals surface area contributed by atoms with Crippen molar-refractivity contribution in [1.29, 1.82) is 0 Å². The molecule has 0 atom stereocenters. The second-order valence-electron chi connectivity index (χ2n) is 5.34. The van der Waals surface area contributed by atoms with Gasteiger partial charge in [-0.3, -0.25) is 4.79 Å². The maximum absolute atomic E-state index is 12.3. The third-order valence-electron chi connectivity index (χ3n) is 3.27. The smallest absolute Gasteiger partial charge is 0.252 e. The van der Waals surface area contributed by atoms with E-state index in [1.165, 1.54) is 0 Å². The van der Waals surface area contributed by atoms with Gasteiger partial charge in [-0.1, -0.05) is 6.92 Å². The molecular formula is C15H23N5O. The molecule has 2 heterocycles. The number of fused-ring (bicyclic) bond motifs is 1. The molecule has 1 amide bonds. The van der Waals surface area contributed by atoms with Crippen LogP contribution in [0.3, 0.4) is 0 Å². The van der Waals surface area contributed by atoms with Crippen molar-refractivity contribution in [3.63, 3.8) is 0 Å². The van der Waals surface area contributed by atoms with Crippen LogP contribution in [0, 0.1) is 6.92 Å². The van der Waals surface area contributed by atoms with Crippen molar-refractivity contribution in [2.24, 2.45) is 0 Å². The zero-order chi connectivity index (χ0) is 15.4. The highest BCUT2D eigenvalue weighted by atomic mass is 16.1. The van der Waals surface area contributed by atoms with E-state index in [1.54, 1.807) is 6.20 Å². The van der Waals surface area contributed by atoms with Gasteiger partial charge in [0.1, 0.15) is 0 Å². The number of pyridine rings is 1. The molecule has 6 heteroatoms. The number of aryl methyl sites for hydroxylation is 1. The summed E-state index contributed by atoms with van der Waals surface area (Å²) in [6, 6.07) is 2.03. The molecule has 0 radical (unpaired) electrons. The fraction of sp³-hybridized carbons (Fsp3) is 0.533. The zero-order valence-electron chi connectivity index (χ0n) is 13.1. The third kappa shape index (κ3) is 3.39. The van der Waals surface area contributed by atoms with Gasteiger partial charge in [0.15, 0.2) is 5.65 Å². The van der Waals surface area contributed by atoms with Crippen molar-refractivity contribution in [3.8, 4) is 0 Å². The van der Waals surface area contributed by atoms with Gasteiger partial charge in [-0.05, 0) is 33.4 Å². The first-order valence-electron chi connectivity index (χ1n) is 7.38. The van der Waals surface area contributed by atoms with Crippen LogP contribution in [0.25, 0.3) is 11.0 Å². The van der Waals surface area contributed by atoms with E-state index in [0.29, 0.717) is 12.1 Å². The van der Waals surface area contributed by atoms with Crippen molar-refractivity contribution in [3.05, 3.63) is 23.5 Å². The van der Waals surface area contributed by atoms with Crippen LogP contribution in [0.15, 0.2) is 12.3 Å². The van der Waals surface area contributed by atoms with Gasteiger partial charge in [-0.15, -0.1) is 0 Å². The number of hydrogen-bond donors (Lipinski definition) is 2. The number of amides is 1. The number of hydrogen-bond acceptors (Lipinski definition) is 4. The number of carbonyl (C=O) groups is 1. The Labute approximate surface area is 124 Å². The molecule has 0 bridgehead atoms. The molecule has 0 aliphatic rings. The van der Waals surface area contributed by atoms with Crippen molar-refractivity contribution < 1.29 is 4.79 Å². The molecular weight excluding hydrogens is 266 g/mol. The van der Waals surface area contributed by atoms with Crippen LogP contribution in [0.1, 0.15) is 42.9 Å². The molecule has 2 aromatic rings. The number of carbonyl (C=O) groups excluding carboxylic acids is 1. The molecule has 0 aliphatic carbocycles. The summed E-state index contributed by atoms with van der Waals surface area (Å²) in [5, 5.41) is 11.3. The minimum absolute atomic E-state index is 0.0771. The lowest BCUT2D eigenvalue weighted by Gasteiger charge is -2.09. The molecule has 6 nitrogen and oxygen atoms in total. The molecule has 114 valence electrons. The minimum atomic E-state index is -0.0771. The van der Waals surface area contributed by atoms with Crippen LogP contribution in [0.2, 0.25) is 0 Å². The first-order chi connectivity index (χ1) is 10.0. The predicted octanol–water partition coefficient (Wildman–Crippen LogP) is 1.66. The van der Waals surface area contributed by atoms with Crippen LogP contribution < -0.4 is 10.6 Å². The van der Waals surface area contributed by atoms with Gasteiger partial charge in [0, 0.05) is 24.8 Å². The summed E-state index contributed by atoms with van der Waals surface area (Å²) in [4.78, 5) is 16.9. The van der Waals surface area contributed by atoms with Crippen molar-refractivity contribution in [2.45, 2.75) is 33.7 Å². The number of nitrogens with zero attached hydrogens (tertiary/aromatic N) is 3. The van der Waals surface area contributed by atoms with E-state index in [0.717, 1.165) is 29.8 Å². The third-order valence-corrected chi connectivity index (χ3v) is 3.27. The summed E-state index contributed by atoms with van der Waals surface area (Å²) in [5.74, 6) is -0.0771. The molecule has 0 aliphatic heterocycles. The Morgan fingerprint density at radius 1 is 1.38 bits per heavy atom. The molecule has 0 saturated carbocycles. The topological polar surface area (TPSA) is 71.8 Å². The maximum atomic E-state index is 12.3. The SMILES string of the molecule is CCNCCNC(=O)c1cc(C)nc2c1cnn2C(C)C. The maximum Gasteiger partial charge on any atom is 0.252 e. The van der Waals surface area contributed by atoms with Gasteiger partial charge >= 0.3 is 0 Å². The van der Waals surface area contributed by atoms with Crippen LogP contribution >= 0.6 is 0 Å². The van der Waals surface area contributed by atoms with Crippen LogP contribution in [0.4, 0.5) is 0 Å². The van der Waals surface area contributed by atoms with Crippen LogP contribution in [-0.2, 0) is 0 Å². The van der Waals surface area contributed by atoms with E-state index >= 15 is 0 Å². The molecule has 0 aromatic carbocycles. The monoisotopic (exact) mass is 289 g/mol. The highest BCUT2D eigenvalue weighted by molar-refractivity contribution is 6.05. The first kappa shape index (κ1) is 15.4. The van der Waals surface area contributed by atoms with E-state index in [4.69, 9.17) is 0 Å². The molecule has 0 spiro atoms. The number of nitrogens with one attached hydrogen (secondary N) is 2. The normalized spacial score (nSPS) is 11.3. The van der Waals surface area contributed by atoms with E-state index in [1.807, 2.05) is 38.4 Å². The van der Waals surface area contributed by atoms with E-state index in [9.17, 15) is 4.79 Å². The Hall–Kier alpha value is -1.95. The van der Waals surface area contributed by atoms with Gasteiger partial charge in [-0.2, -0.15) is 5.10 Å². The average Bonchev–Trinajstić information content (AvgIpc) is 2.86. The molecule has 2 rings (SSSR count). The van der Waals surface area contributed by atoms with E-state index in [2.05, 4.69) is 20.7 Å². The molecule has 0 unspecified atom stereocenters. The lowest BCUT2D eigenvalue weighted by molar-refractivity contribution is 0.0955. The Balaban J connectivity index is 2.29. The fourth-order valence-corrected chi connectivity index (χ4v) is 2.25. The van der Waals surface area contributed by atoms with Gasteiger partial charge in [0.05, 0.1) is 17.1 Å². The van der Waals surface area contributed by atoms with Crippen molar-refractivity contribution in [2.75, 3.05) is 19.6 Å². The summed E-state index contributed by atoms with van der Waals surface area (Å²) in [6.07, 6.45) is 1.72. The lowest BCUT2D eigenvalue weighted by Crippen LogP contribution is -2.31. The minimum Gasteiger partial charge on any atom is -0.351 e. The fourth-order valence-electron chi connectivity index (χ4n) is 2.25. The average molecular weight is 289 g/mol. The van der Waals surface area contributed by atoms with E-state index in [-0.39, 0.29) is 11.9 Å². The number of rotatable bonds is 6. The lowest BCUT2D eigenvalue weighted by atomic mass is 10.1. The van der Waals surface area contributed by atoms with Gasteiger partial charge < -0.3 is 10.6 Å². The Morgan fingerprint density at radius 2 is 2.14 bits per heavy atom. The number of likely N-dealkylation sites (N-methyl/N-ethyl adjacent to an activating group) is 1. The highest BCUT2D eigenvalue weighted by Crippen LogP contribution is 2.20. The van der Waals surface area contributed by atoms with Crippen LogP contribution in [-0.4, -0.2) is 40.3 Å². The Kier molecular flexibility index (Phi) is 4.90. The summed E-state index contributed by atoms with van der Waals surface area (Å²) >= 11 is 0. The summed E-state index contributed by atoms with van der Waals surface area (Å²) in [7, 11) is 0. The molecule has 21 heavy (non-hydrogen) atoms. The second kappa shape index (κ2) is 6.67. The number of aromatic nitrogens is 3. The molecule has 0 fully saturated rings. The van der Waals surface area contributed by atoms with Crippen molar-refractivity contribution >= 4 is 16.9 Å². The molecule has 0 saturated heterocycles. The van der Waals surface area contributed by atoms with Gasteiger partial charge in [0.25, 0.3) is 5.91 Å². The predicted molar refractivity (Wildman–Crippen MR) is 83.5 cm³/mol. The molecule has 2 N–H and O–H groups in total. The van der Waals surface area contributed by atoms with Crippen LogP contribution in [0.5, 0.6) is 0 Å². The second-order valence-corrected chi connectivity index (χ2v) is 5.34. The Morgan fingerprint density at radius 3 is 2.81 bits per heavy atom. The molecule has 2 aromatic heterocycles. The largest absolute Gasteiger partial charge is 0.351 e. The summed E-state index contributed by atoms with van der Waals surface area (Å²) in [5.41, 5.74) is 2.23. The summed E-state index contributed by atoms with van der Waals surface area (Å²) in [6.45, 7) is 10.3. The summed E-state index contributed by atoms with van der Waals surface area (Å²) < 4.78 is 1.84. The Bertz CT molecular complexity index is 632. The van der Waals surface area contributed by atoms with Gasteiger partial charge in [-0.25, -0.2) is 9.67 Å².